The molecule has 0 aromatic carbocycles. The molecule has 172 valence electrons. The molecule has 4 atom stereocenters. The normalized spacial score (nSPS) is 17.6. The van der Waals surface area contributed by atoms with Crippen molar-refractivity contribution < 1.29 is 14.2 Å². The molecule has 0 saturated heterocycles. The second-order valence-electron chi connectivity index (χ2n) is 10.5. The van der Waals surface area contributed by atoms with Crippen molar-refractivity contribution in [3.05, 3.63) is 24.7 Å². The maximum atomic E-state index is 6.24. The zero-order chi connectivity index (χ0) is 23.0. The third-order valence-electron chi connectivity index (χ3n) is 6.12. The minimum absolute atomic E-state index is 0.0101. The monoisotopic (exact) mass is 410 g/mol. The van der Waals surface area contributed by atoms with E-state index < -0.39 is 0 Å². The van der Waals surface area contributed by atoms with Crippen molar-refractivity contribution in [1.82, 2.24) is 0 Å². The predicted molar refractivity (Wildman–Crippen MR) is 126 cm³/mol. The molecular weight excluding hydrogens is 360 g/mol. The maximum Gasteiger partial charge on any atom is 0.119 e. The van der Waals surface area contributed by atoms with Gasteiger partial charge in [-0.05, 0) is 52.9 Å². The molecule has 3 heteroatoms. The van der Waals surface area contributed by atoms with Gasteiger partial charge in [-0.2, -0.15) is 0 Å². The van der Waals surface area contributed by atoms with Crippen molar-refractivity contribution in [2.45, 2.75) is 113 Å². The van der Waals surface area contributed by atoms with Gasteiger partial charge in [0.25, 0.3) is 0 Å². The van der Waals surface area contributed by atoms with E-state index in [1.165, 1.54) is 0 Å². The van der Waals surface area contributed by atoms with E-state index in [9.17, 15) is 0 Å². The first-order valence-electron chi connectivity index (χ1n) is 11.5. The van der Waals surface area contributed by atoms with Gasteiger partial charge in [0.05, 0.1) is 23.7 Å². The van der Waals surface area contributed by atoms with Crippen molar-refractivity contribution in [3.8, 4) is 0 Å². The van der Waals surface area contributed by atoms with Crippen LogP contribution in [0.1, 0.15) is 95.4 Å². The summed E-state index contributed by atoms with van der Waals surface area (Å²) >= 11 is 0. The number of allylic oxidation sites excluding steroid dienone is 2. The lowest BCUT2D eigenvalue weighted by Gasteiger charge is -2.39. The Morgan fingerprint density at radius 1 is 0.793 bits per heavy atom. The fraction of sp³-hybridized carbons (Fsp3) is 0.846. The van der Waals surface area contributed by atoms with Gasteiger partial charge in [0.15, 0.2) is 0 Å². The SMILES string of the molecule is C=C(OC(C)COC(C)(C)CC(C)CC(C)(CC)C(C)OC(=C)C(C)C)C(C)C. The van der Waals surface area contributed by atoms with Crippen molar-refractivity contribution in [3.63, 3.8) is 0 Å². The van der Waals surface area contributed by atoms with Gasteiger partial charge in [-0.15, -0.1) is 0 Å². The fourth-order valence-corrected chi connectivity index (χ4v) is 3.64. The van der Waals surface area contributed by atoms with Gasteiger partial charge >= 0.3 is 0 Å². The maximum absolute atomic E-state index is 6.24. The van der Waals surface area contributed by atoms with Crippen molar-refractivity contribution in [1.29, 1.82) is 0 Å². The Balaban J connectivity index is 4.74. The quantitative estimate of drug-likeness (QED) is 0.258. The van der Waals surface area contributed by atoms with Crippen LogP contribution < -0.4 is 0 Å². The average Bonchev–Trinajstić information content (AvgIpc) is 2.58. The summed E-state index contributed by atoms with van der Waals surface area (Å²) in [5.41, 5.74) is -0.0881. The van der Waals surface area contributed by atoms with Crippen molar-refractivity contribution in [2.24, 2.45) is 23.2 Å². The van der Waals surface area contributed by atoms with Gasteiger partial charge in [-0.1, -0.05) is 61.6 Å². The lowest BCUT2D eigenvalue weighted by Crippen LogP contribution is -2.36. The van der Waals surface area contributed by atoms with Crippen LogP contribution in [0.15, 0.2) is 24.7 Å². The van der Waals surface area contributed by atoms with Gasteiger partial charge in [-0.3, -0.25) is 0 Å². The molecule has 0 spiro atoms. The molecule has 0 radical (unpaired) electrons. The van der Waals surface area contributed by atoms with Crippen molar-refractivity contribution in [2.75, 3.05) is 6.61 Å². The van der Waals surface area contributed by atoms with E-state index in [0.29, 0.717) is 24.4 Å². The van der Waals surface area contributed by atoms with Crippen LogP contribution in [0.4, 0.5) is 0 Å². The largest absolute Gasteiger partial charge is 0.495 e. The molecule has 3 nitrogen and oxygen atoms in total. The first-order chi connectivity index (χ1) is 13.1. The smallest absolute Gasteiger partial charge is 0.119 e. The van der Waals surface area contributed by atoms with Gasteiger partial charge in [0, 0.05) is 17.3 Å². The second kappa shape index (κ2) is 12.0. The molecule has 0 aromatic rings. The van der Waals surface area contributed by atoms with Gasteiger partial charge in [-0.25, -0.2) is 0 Å². The third kappa shape index (κ3) is 10.6. The van der Waals surface area contributed by atoms with Crippen LogP contribution in [-0.2, 0) is 14.2 Å². The summed E-state index contributed by atoms with van der Waals surface area (Å²) in [6.45, 7) is 32.6. The van der Waals surface area contributed by atoms with Crippen LogP contribution in [0.3, 0.4) is 0 Å². The summed E-state index contributed by atoms with van der Waals surface area (Å²) in [6, 6.07) is 0. The highest BCUT2D eigenvalue weighted by atomic mass is 16.5. The van der Waals surface area contributed by atoms with E-state index in [1.54, 1.807) is 0 Å². The van der Waals surface area contributed by atoms with Gasteiger partial charge < -0.3 is 14.2 Å². The molecular formula is C26H50O3. The first-order valence-corrected chi connectivity index (χ1v) is 11.5. The summed E-state index contributed by atoms with van der Waals surface area (Å²) in [4.78, 5) is 0. The Morgan fingerprint density at radius 3 is 1.72 bits per heavy atom. The summed E-state index contributed by atoms with van der Waals surface area (Å²) in [7, 11) is 0. The lowest BCUT2D eigenvalue weighted by atomic mass is 9.73. The molecule has 0 aliphatic rings. The summed E-state index contributed by atoms with van der Waals surface area (Å²) in [5, 5.41) is 0. The number of hydrogen-bond acceptors (Lipinski definition) is 3. The van der Waals surface area contributed by atoms with Crippen LogP contribution >= 0.6 is 0 Å². The molecule has 0 saturated carbocycles. The minimum atomic E-state index is -0.198. The second-order valence-corrected chi connectivity index (χ2v) is 10.5. The zero-order valence-electron chi connectivity index (χ0n) is 21.4. The Hall–Kier alpha value is -0.960. The van der Waals surface area contributed by atoms with E-state index in [4.69, 9.17) is 14.2 Å². The third-order valence-corrected chi connectivity index (χ3v) is 6.12. The molecule has 4 unspecified atom stereocenters. The Bertz CT molecular complexity index is 506. The van der Waals surface area contributed by atoms with Crippen LogP contribution in [0.25, 0.3) is 0 Å². The highest BCUT2D eigenvalue weighted by Crippen LogP contribution is 2.39. The average molecular weight is 411 g/mol. The molecule has 0 N–H and O–H groups in total. The minimum Gasteiger partial charge on any atom is -0.495 e. The summed E-state index contributed by atoms with van der Waals surface area (Å²) < 4.78 is 18.3. The van der Waals surface area contributed by atoms with E-state index >= 15 is 0 Å². The molecule has 0 aliphatic carbocycles. The predicted octanol–water partition coefficient (Wildman–Crippen LogP) is 7.76. The van der Waals surface area contributed by atoms with Crippen LogP contribution in [0, 0.1) is 23.2 Å². The first kappa shape index (κ1) is 28.0. The molecule has 0 heterocycles. The van der Waals surface area contributed by atoms with Crippen LogP contribution in [0.5, 0.6) is 0 Å². The highest BCUT2D eigenvalue weighted by molar-refractivity contribution is 4.92. The molecule has 0 rings (SSSR count). The summed E-state index contributed by atoms with van der Waals surface area (Å²) in [6.07, 6.45) is 3.32. The van der Waals surface area contributed by atoms with Crippen LogP contribution in [-0.4, -0.2) is 24.4 Å². The number of hydrogen-bond donors (Lipinski definition) is 0. The molecule has 0 aromatic heterocycles. The molecule has 0 bridgehead atoms. The van der Waals surface area contributed by atoms with Gasteiger partial charge in [0.2, 0.25) is 0 Å². The standard InChI is InChI=1S/C26H50O3/c1-14-26(13,24(10)29-23(9)19(4)5)16-20(6)15-25(11,12)27-17-21(7)28-22(8)18(2)3/h18-21,24H,8-9,14-17H2,1-7,10-13H3. The molecule has 0 fully saturated rings. The molecule has 0 aliphatic heterocycles. The highest BCUT2D eigenvalue weighted by Gasteiger charge is 2.35. The Kier molecular flexibility index (Phi) is 11.6. The van der Waals surface area contributed by atoms with Crippen molar-refractivity contribution >= 4 is 0 Å². The summed E-state index contributed by atoms with van der Waals surface area (Å²) in [5.74, 6) is 2.90. The zero-order valence-corrected chi connectivity index (χ0v) is 21.4. The van der Waals surface area contributed by atoms with E-state index in [0.717, 1.165) is 30.8 Å². The van der Waals surface area contributed by atoms with E-state index in [-0.39, 0.29) is 23.2 Å². The topological polar surface area (TPSA) is 27.7 Å². The molecule has 0 amide bonds. The lowest BCUT2D eigenvalue weighted by molar-refractivity contribution is -0.0791. The molecule has 29 heavy (non-hydrogen) atoms. The fourth-order valence-electron chi connectivity index (χ4n) is 3.64. The Morgan fingerprint density at radius 2 is 1.28 bits per heavy atom. The number of ether oxygens (including phenoxy) is 3. The van der Waals surface area contributed by atoms with E-state index in [2.05, 4.69) is 82.4 Å². The van der Waals surface area contributed by atoms with Crippen LogP contribution in [0.2, 0.25) is 0 Å². The number of rotatable bonds is 15. The van der Waals surface area contributed by atoms with E-state index in [1.807, 2.05) is 6.92 Å². The van der Waals surface area contributed by atoms with Gasteiger partial charge in [0.1, 0.15) is 12.2 Å². The Labute approximate surface area is 182 Å².